The Morgan fingerprint density at radius 2 is 1.84 bits per heavy atom. The van der Waals surface area contributed by atoms with Crippen LogP contribution in [0, 0.1) is 16.7 Å². The van der Waals surface area contributed by atoms with Crippen LogP contribution in [0.15, 0.2) is 120 Å². The van der Waals surface area contributed by atoms with Crippen molar-refractivity contribution in [2.24, 2.45) is 16.7 Å². The van der Waals surface area contributed by atoms with Crippen molar-refractivity contribution < 1.29 is 0 Å². The molecule has 2 bridgehead atoms. The van der Waals surface area contributed by atoms with Gasteiger partial charge in [0.05, 0.1) is 5.69 Å². The second-order valence-corrected chi connectivity index (χ2v) is 9.82. The summed E-state index contributed by atoms with van der Waals surface area (Å²) >= 11 is 0. The van der Waals surface area contributed by atoms with E-state index in [0.29, 0.717) is 5.92 Å². The van der Waals surface area contributed by atoms with E-state index in [-0.39, 0.29) is 10.8 Å². The third-order valence-electron chi connectivity index (χ3n) is 8.39. The molecular weight excluding hydrogens is 388 g/mol. The summed E-state index contributed by atoms with van der Waals surface area (Å²) in [6, 6.07) is 15.1. The standard InChI is InChI=1S/C30H22N2/c1-2-17-32-18-26(31-27(32)5-1)21-8-6-20(7-9-21)24-12-11-23-14-16-29-15-3-4-22-10-13-25(24)30(23,19-29)28(22)29/h1-9,11-18,28H,10,19H2. The number of hydrogen-bond donors (Lipinski definition) is 0. The molecule has 0 amide bonds. The fraction of sp³-hybridized carbons (Fsp3) is 0.167. The van der Waals surface area contributed by atoms with Gasteiger partial charge >= 0.3 is 0 Å². The quantitative estimate of drug-likeness (QED) is 0.459. The summed E-state index contributed by atoms with van der Waals surface area (Å²) in [6.07, 6.45) is 25.6. The molecule has 0 saturated heterocycles. The van der Waals surface area contributed by atoms with Gasteiger partial charge in [0.25, 0.3) is 0 Å². The smallest absolute Gasteiger partial charge is 0.137 e. The SMILES string of the molecule is C1=CC23C=CC4=CC=C(c5ccc(-c6cn7ccccc7n6)cc5)C5=CCC(=C1)C2C45C3. The predicted molar refractivity (Wildman–Crippen MR) is 129 cm³/mol. The summed E-state index contributed by atoms with van der Waals surface area (Å²) in [7, 11) is 0. The molecule has 2 nitrogen and oxygen atoms in total. The molecule has 0 aliphatic heterocycles. The predicted octanol–water partition coefficient (Wildman–Crippen LogP) is 6.71. The van der Waals surface area contributed by atoms with Crippen LogP contribution >= 0.6 is 0 Å². The molecule has 3 unspecified atom stereocenters. The average Bonchev–Trinajstić information content (AvgIpc) is 3.26. The molecule has 1 aromatic carbocycles. The molecule has 1 fully saturated rings. The number of hydrogen-bond acceptors (Lipinski definition) is 1. The second-order valence-electron chi connectivity index (χ2n) is 9.82. The number of pyridine rings is 1. The molecule has 5 aliphatic carbocycles. The van der Waals surface area contributed by atoms with E-state index in [9.17, 15) is 0 Å². The number of fused-ring (bicyclic) bond motifs is 1. The van der Waals surface area contributed by atoms with Gasteiger partial charge in [0.2, 0.25) is 0 Å². The van der Waals surface area contributed by atoms with Gasteiger partial charge in [-0.15, -0.1) is 0 Å². The molecule has 32 heavy (non-hydrogen) atoms. The fourth-order valence-electron chi connectivity index (χ4n) is 7.11. The maximum Gasteiger partial charge on any atom is 0.137 e. The average molecular weight is 411 g/mol. The van der Waals surface area contributed by atoms with Crippen molar-refractivity contribution in [3.8, 4) is 11.3 Å². The van der Waals surface area contributed by atoms with E-state index in [0.717, 1.165) is 23.3 Å². The Balaban J connectivity index is 1.22. The largest absolute Gasteiger partial charge is 0.306 e. The monoisotopic (exact) mass is 410 g/mol. The zero-order valence-electron chi connectivity index (χ0n) is 17.7. The Bertz CT molecular complexity index is 1490. The van der Waals surface area contributed by atoms with Crippen LogP contribution in [0.5, 0.6) is 0 Å². The van der Waals surface area contributed by atoms with Gasteiger partial charge in [-0.1, -0.05) is 84.5 Å². The Labute approximate surface area is 187 Å². The zero-order valence-corrected chi connectivity index (χ0v) is 17.7. The molecular formula is C30H22N2. The lowest BCUT2D eigenvalue weighted by atomic mass is 9.33. The van der Waals surface area contributed by atoms with E-state index >= 15 is 0 Å². The second kappa shape index (κ2) is 5.58. The van der Waals surface area contributed by atoms with Crippen LogP contribution in [0.1, 0.15) is 18.4 Å². The van der Waals surface area contributed by atoms with Crippen LogP contribution in [0.25, 0.3) is 22.5 Å². The van der Waals surface area contributed by atoms with E-state index in [1.54, 1.807) is 11.1 Å². The normalized spacial score (nSPS) is 30.7. The van der Waals surface area contributed by atoms with Crippen molar-refractivity contribution >= 4 is 11.2 Å². The molecule has 0 radical (unpaired) electrons. The first-order valence-electron chi connectivity index (χ1n) is 11.5. The van der Waals surface area contributed by atoms with Crippen LogP contribution < -0.4 is 0 Å². The highest BCUT2D eigenvalue weighted by Crippen LogP contribution is 2.77. The minimum atomic E-state index is 0.175. The van der Waals surface area contributed by atoms with E-state index in [1.165, 1.54) is 23.1 Å². The molecule has 5 aliphatic rings. The van der Waals surface area contributed by atoms with Crippen molar-refractivity contribution in [1.82, 2.24) is 9.38 Å². The lowest BCUT2D eigenvalue weighted by Gasteiger charge is -2.69. The summed E-state index contributed by atoms with van der Waals surface area (Å²) < 4.78 is 2.08. The van der Waals surface area contributed by atoms with Gasteiger partial charge in [0.1, 0.15) is 5.65 Å². The molecule has 3 atom stereocenters. The lowest BCUT2D eigenvalue weighted by molar-refractivity contribution is 0.0101. The molecule has 1 saturated carbocycles. The molecule has 1 spiro atoms. The fourth-order valence-corrected chi connectivity index (χ4v) is 7.11. The van der Waals surface area contributed by atoms with Crippen LogP contribution in [-0.4, -0.2) is 9.38 Å². The highest BCUT2D eigenvalue weighted by Gasteiger charge is 2.68. The highest BCUT2D eigenvalue weighted by atomic mass is 15.0. The van der Waals surface area contributed by atoms with Gasteiger partial charge in [-0.2, -0.15) is 0 Å². The molecule has 2 heteroatoms. The summed E-state index contributed by atoms with van der Waals surface area (Å²) in [5.74, 6) is 0.609. The van der Waals surface area contributed by atoms with Gasteiger partial charge in [-0.3, -0.25) is 0 Å². The highest BCUT2D eigenvalue weighted by molar-refractivity contribution is 5.88. The van der Waals surface area contributed by atoms with E-state index in [2.05, 4.69) is 83.5 Å². The minimum absolute atomic E-state index is 0.175. The molecule has 2 aromatic heterocycles. The number of aromatic nitrogens is 2. The maximum absolute atomic E-state index is 4.79. The first-order valence-corrected chi connectivity index (χ1v) is 11.5. The first-order chi connectivity index (χ1) is 15.8. The Hall–Kier alpha value is -3.65. The molecule has 3 aromatic rings. The Morgan fingerprint density at radius 1 is 0.938 bits per heavy atom. The van der Waals surface area contributed by atoms with Gasteiger partial charge in [-0.25, -0.2) is 4.98 Å². The van der Waals surface area contributed by atoms with Crippen molar-refractivity contribution in [2.45, 2.75) is 12.8 Å². The van der Waals surface area contributed by atoms with E-state index < -0.39 is 0 Å². The number of nitrogens with zero attached hydrogens (tertiary/aromatic N) is 2. The summed E-state index contributed by atoms with van der Waals surface area (Å²) in [5, 5.41) is 0. The Kier molecular flexibility index (Phi) is 2.96. The van der Waals surface area contributed by atoms with Crippen molar-refractivity contribution in [3.05, 3.63) is 126 Å². The number of benzene rings is 1. The number of allylic oxidation sites excluding steroid dienone is 12. The zero-order chi connectivity index (χ0) is 20.9. The van der Waals surface area contributed by atoms with E-state index in [4.69, 9.17) is 4.98 Å². The van der Waals surface area contributed by atoms with Gasteiger partial charge < -0.3 is 4.40 Å². The molecule has 8 rings (SSSR count). The van der Waals surface area contributed by atoms with Gasteiger partial charge in [0, 0.05) is 34.7 Å². The van der Waals surface area contributed by atoms with Gasteiger partial charge in [-0.05, 0) is 47.3 Å². The third kappa shape index (κ3) is 1.90. The van der Waals surface area contributed by atoms with Gasteiger partial charge in [0.15, 0.2) is 0 Å². The summed E-state index contributed by atoms with van der Waals surface area (Å²) in [6.45, 7) is 0. The van der Waals surface area contributed by atoms with Crippen molar-refractivity contribution in [1.29, 1.82) is 0 Å². The summed E-state index contributed by atoms with van der Waals surface area (Å²) in [5.41, 5.74) is 10.9. The van der Waals surface area contributed by atoms with Crippen LogP contribution in [0.2, 0.25) is 0 Å². The van der Waals surface area contributed by atoms with Crippen molar-refractivity contribution in [3.63, 3.8) is 0 Å². The van der Waals surface area contributed by atoms with Crippen LogP contribution in [-0.2, 0) is 0 Å². The molecule has 2 heterocycles. The van der Waals surface area contributed by atoms with E-state index in [1.807, 2.05) is 24.4 Å². The molecule has 152 valence electrons. The van der Waals surface area contributed by atoms with Crippen molar-refractivity contribution in [2.75, 3.05) is 0 Å². The number of rotatable bonds is 2. The molecule has 0 N–H and O–H groups in total. The maximum atomic E-state index is 4.79. The Morgan fingerprint density at radius 3 is 2.75 bits per heavy atom. The first kappa shape index (κ1) is 17.0. The minimum Gasteiger partial charge on any atom is -0.306 e. The summed E-state index contributed by atoms with van der Waals surface area (Å²) in [4.78, 5) is 4.79. The topological polar surface area (TPSA) is 17.3 Å². The van der Waals surface area contributed by atoms with Crippen LogP contribution in [0.4, 0.5) is 0 Å². The lowest BCUT2D eigenvalue weighted by Crippen LogP contribution is -2.61. The third-order valence-corrected chi connectivity index (χ3v) is 8.39. The van der Waals surface area contributed by atoms with Crippen LogP contribution in [0.3, 0.4) is 0 Å². The number of imidazole rings is 1.